The van der Waals surface area contributed by atoms with Gasteiger partial charge in [0.2, 0.25) is 11.8 Å². The van der Waals surface area contributed by atoms with Crippen LogP contribution in [0.1, 0.15) is 70.0 Å². The van der Waals surface area contributed by atoms with Crippen LogP contribution in [0.3, 0.4) is 0 Å². The van der Waals surface area contributed by atoms with Gasteiger partial charge in [-0.2, -0.15) is 5.10 Å². The zero-order valence-electron chi connectivity index (χ0n) is 23.2. The van der Waals surface area contributed by atoms with Crippen LogP contribution in [0.4, 0.5) is 0 Å². The van der Waals surface area contributed by atoms with Gasteiger partial charge in [0.25, 0.3) is 5.91 Å². The summed E-state index contributed by atoms with van der Waals surface area (Å²) < 4.78 is 1.81. The molecule has 2 saturated heterocycles. The van der Waals surface area contributed by atoms with Crippen LogP contribution in [0.15, 0.2) is 18.2 Å². The number of carbonyl (C=O) groups is 3. The molecule has 3 amide bonds. The first-order valence-corrected chi connectivity index (χ1v) is 14.4. The summed E-state index contributed by atoms with van der Waals surface area (Å²) in [7, 11) is 0. The van der Waals surface area contributed by atoms with Gasteiger partial charge in [0.15, 0.2) is 5.69 Å². The van der Waals surface area contributed by atoms with E-state index in [0.717, 1.165) is 43.6 Å². The number of carbonyl (C=O) groups excluding carboxylic acids is 3. The summed E-state index contributed by atoms with van der Waals surface area (Å²) in [5, 5.41) is 13.9. The van der Waals surface area contributed by atoms with E-state index in [4.69, 9.17) is 10.2 Å². The predicted octanol–water partition coefficient (Wildman–Crippen LogP) is 2.09. The van der Waals surface area contributed by atoms with Crippen molar-refractivity contribution < 1.29 is 19.5 Å². The molecule has 1 saturated carbocycles. The van der Waals surface area contributed by atoms with Gasteiger partial charge in [-0.1, -0.05) is 25.1 Å². The Bertz CT molecular complexity index is 1300. The first-order valence-electron chi connectivity index (χ1n) is 14.4. The Morgan fingerprint density at radius 3 is 2.31 bits per heavy atom. The molecule has 208 valence electrons. The van der Waals surface area contributed by atoms with Crippen molar-refractivity contribution in [1.29, 1.82) is 0 Å². The molecule has 1 N–H and O–H groups in total. The number of aromatic nitrogens is 2. The smallest absolute Gasteiger partial charge is 0.274 e. The van der Waals surface area contributed by atoms with Crippen LogP contribution in [0, 0.1) is 25.7 Å². The van der Waals surface area contributed by atoms with E-state index in [1.807, 2.05) is 9.58 Å². The van der Waals surface area contributed by atoms with Gasteiger partial charge in [-0.05, 0) is 73.5 Å². The SMILES string of the molecule is Cc1cccc(C2CCN(C(=O)Cn3nc(C(=O)N4CCN(C(=O)CO)CC4)c4c3CC3C4[C@@H]3C)CC2)c1C. The summed E-state index contributed by atoms with van der Waals surface area (Å²) >= 11 is 0. The lowest BCUT2D eigenvalue weighted by molar-refractivity contribution is -0.135. The van der Waals surface area contributed by atoms with Crippen molar-refractivity contribution in [3.63, 3.8) is 0 Å². The molecule has 2 aromatic rings. The molecule has 39 heavy (non-hydrogen) atoms. The van der Waals surface area contributed by atoms with E-state index in [0.29, 0.717) is 55.5 Å². The quantitative estimate of drug-likeness (QED) is 0.635. The molecule has 1 aromatic carbocycles. The zero-order valence-corrected chi connectivity index (χ0v) is 23.2. The second-order valence-electron chi connectivity index (χ2n) is 11.9. The number of piperazine rings is 1. The normalized spacial score (nSPS) is 24.5. The van der Waals surface area contributed by atoms with E-state index in [1.54, 1.807) is 9.80 Å². The molecule has 0 bridgehead atoms. The van der Waals surface area contributed by atoms with Crippen LogP contribution in [-0.2, 0) is 22.6 Å². The third kappa shape index (κ3) is 4.54. The summed E-state index contributed by atoms with van der Waals surface area (Å²) in [6.45, 7) is 9.39. The molecule has 4 aliphatic rings. The third-order valence-corrected chi connectivity index (χ3v) is 9.90. The number of benzene rings is 1. The van der Waals surface area contributed by atoms with Crippen molar-refractivity contribution in [2.45, 2.75) is 58.4 Å². The Morgan fingerprint density at radius 2 is 1.62 bits per heavy atom. The molecule has 6 rings (SSSR count). The molecular weight excluding hydrogens is 494 g/mol. The van der Waals surface area contributed by atoms with Crippen molar-refractivity contribution in [3.05, 3.63) is 51.8 Å². The average molecular weight is 534 g/mol. The second kappa shape index (κ2) is 10.1. The lowest BCUT2D eigenvalue weighted by atomic mass is 9.85. The predicted molar refractivity (Wildman–Crippen MR) is 145 cm³/mol. The Kier molecular flexibility index (Phi) is 6.73. The number of amides is 3. The molecule has 9 heteroatoms. The fourth-order valence-corrected chi connectivity index (χ4v) is 7.22. The fraction of sp³-hybridized carbons (Fsp3) is 0.600. The van der Waals surface area contributed by atoms with E-state index in [2.05, 4.69) is 39.0 Å². The highest BCUT2D eigenvalue weighted by molar-refractivity contribution is 5.95. The number of nitrogens with zero attached hydrogens (tertiary/aromatic N) is 5. The van der Waals surface area contributed by atoms with Gasteiger partial charge in [0.1, 0.15) is 13.2 Å². The molecule has 3 atom stereocenters. The second-order valence-corrected chi connectivity index (χ2v) is 11.9. The van der Waals surface area contributed by atoms with Crippen molar-refractivity contribution in [3.8, 4) is 0 Å². The first-order chi connectivity index (χ1) is 18.8. The number of piperidine rings is 1. The number of aryl methyl sites for hydroxylation is 1. The zero-order chi connectivity index (χ0) is 27.4. The highest BCUT2D eigenvalue weighted by Gasteiger charge is 2.56. The summed E-state index contributed by atoms with van der Waals surface area (Å²) in [4.78, 5) is 44.2. The number of likely N-dealkylation sites (tertiary alicyclic amines) is 1. The summed E-state index contributed by atoms with van der Waals surface area (Å²) in [5.74, 6) is 1.57. The van der Waals surface area contributed by atoms with Crippen LogP contribution in [0.2, 0.25) is 0 Å². The van der Waals surface area contributed by atoms with Crippen LogP contribution >= 0.6 is 0 Å². The Balaban J connectivity index is 1.14. The molecule has 9 nitrogen and oxygen atoms in total. The fourth-order valence-electron chi connectivity index (χ4n) is 7.22. The van der Waals surface area contributed by atoms with Crippen molar-refractivity contribution in [2.75, 3.05) is 45.9 Å². The molecular formula is C30H39N5O4. The third-order valence-electron chi connectivity index (χ3n) is 9.90. The van der Waals surface area contributed by atoms with Gasteiger partial charge in [0.05, 0.1) is 0 Å². The van der Waals surface area contributed by atoms with E-state index < -0.39 is 6.61 Å². The molecule has 1 aromatic heterocycles. The molecule has 3 heterocycles. The molecule has 2 unspecified atom stereocenters. The summed E-state index contributed by atoms with van der Waals surface area (Å²) in [5.41, 5.74) is 6.68. The number of fused-ring (bicyclic) bond motifs is 3. The van der Waals surface area contributed by atoms with Crippen molar-refractivity contribution >= 4 is 17.7 Å². The number of aliphatic hydroxyl groups excluding tert-OH is 1. The van der Waals surface area contributed by atoms with Gasteiger partial charge in [-0.3, -0.25) is 19.1 Å². The van der Waals surface area contributed by atoms with Crippen LogP contribution in [0.25, 0.3) is 0 Å². The van der Waals surface area contributed by atoms with Gasteiger partial charge < -0.3 is 19.8 Å². The summed E-state index contributed by atoms with van der Waals surface area (Å²) in [6.07, 6.45) is 2.80. The lowest BCUT2D eigenvalue weighted by Crippen LogP contribution is -2.51. The molecule has 2 aliphatic carbocycles. The van der Waals surface area contributed by atoms with Crippen molar-refractivity contribution in [2.24, 2.45) is 11.8 Å². The van der Waals surface area contributed by atoms with E-state index in [9.17, 15) is 14.4 Å². The maximum Gasteiger partial charge on any atom is 0.274 e. The Labute approximate surface area is 229 Å². The number of aliphatic hydroxyl groups is 1. The highest BCUT2D eigenvalue weighted by Crippen LogP contribution is 2.62. The Hall–Kier alpha value is -3.20. The number of hydrogen-bond donors (Lipinski definition) is 1. The number of rotatable bonds is 5. The van der Waals surface area contributed by atoms with Crippen LogP contribution in [0.5, 0.6) is 0 Å². The average Bonchev–Trinajstić information content (AvgIpc) is 3.25. The standard InChI is InChI=1S/C30H39N5O4/c1-18-5-4-6-22(19(18)2)21-7-9-32(10-8-21)25(37)16-35-24-15-23-20(3)27(23)28(24)29(31-35)30(39)34-13-11-33(12-14-34)26(38)17-36/h4-6,20-21,23,27,36H,7-17H2,1-3H3/t20-,23?,27?/m1/s1. The van der Waals surface area contributed by atoms with E-state index >= 15 is 0 Å². The van der Waals surface area contributed by atoms with Crippen LogP contribution in [-0.4, -0.2) is 93.2 Å². The van der Waals surface area contributed by atoms with E-state index in [1.165, 1.54) is 16.7 Å². The van der Waals surface area contributed by atoms with Crippen LogP contribution < -0.4 is 0 Å². The first kappa shape index (κ1) is 26.0. The van der Waals surface area contributed by atoms with Gasteiger partial charge in [-0.15, -0.1) is 0 Å². The van der Waals surface area contributed by atoms with Gasteiger partial charge in [0, 0.05) is 50.5 Å². The van der Waals surface area contributed by atoms with Gasteiger partial charge in [-0.25, -0.2) is 0 Å². The topological polar surface area (TPSA) is 99.0 Å². The minimum Gasteiger partial charge on any atom is -0.387 e. The largest absolute Gasteiger partial charge is 0.387 e. The minimum atomic E-state index is -0.510. The molecule has 0 radical (unpaired) electrons. The van der Waals surface area contributed by atoms with Gasteiger partial charge >= 0.3 is 0 Å². The molecule has 2 aliphatic heterocycles. The highest BCUT2D eigenvalue weighted by atomic mass is 16.3. The van der Waals surface area contributed by atoms with E-state index in [-0.39, 0.29) is 24.3 Å². The Morgan fingerprint density at radius 1 is 0.949 bits per heavy atom. The lowest BCUT2D eigenvalue weighted by Gasteiger charge is -2.34. The summed E-state index contributed by atoms with van der Waals surface area (Å²) in [6, 6.07) is 6.51. The maximum atomic E-state index is 13.6. The molecule has 0 spiro atoms. The van der Waals surface area contributed by atoms with Crippen molar-refractivity contribution in [1.82, 2.24) is 24.5 Å². The maximum absolute atomic E-state index is 13.6. The monoisotopic (exact) mass is 533 g/mol. The molecule has 3 fully saturated rings. The number of hydrogen-bond acceptors (Lipinski definition) is 5. The minimum absolute atomic E-state index is 0.0727.